The molecule has 112 valence electrons. The van der Waals surface area contributed by atoms with Crippen molar-refractivity contribution in [3.05, 3.63) is 24.5 Å². The van der Waals surface area contributed by atoms with Crippen molar-refractivity contribution in [3.8, 4) is 0 Å². The van der Waals surface area contributed by atoms with E-state index in [1.807, 2.05) is 0 Å². The van der Waals surface area contributed by atoms with Crippen molar-refractivity contribution < 1.29 is 13.2 Å². The van der Waals surface area contributed by atoms with Gasteiger partial charge < -0.3 is 16.0 Å². The van der Waals surface area contributed by atoms with Crippen molar-refractivity contribution in [2.24, 2.45) is 5.73 Å². The molecular formula is C12H15N5O3S. The van der Waals surface area contributed by atoms with Gasteiger partial charge >= 0.3 is 0 Å². The van der Waals surface area contributed by atoms with Crippen LogP contribution in [0, 0.1) is 0 Å². The third-order valence-corrected chi connectivity index (χ3v) is 5.47. The number of piperazine rings is 1. The number of amides is 1. The number of H-pyrrole nitrogens is 1. The van der Waals surface area contributed by atoms with Crippen LogP contribution in [0.4, 0.5) is 0 Å². The monoisotopic (exact) mass is 309 g/mol. The predicted octanol–water partition coefficient (Wildman–Crippen LogP) is -0.989. The first-order chi connectivity index (χ1) is 10.0. The molecule has 3 heterocycles. The van der Waals surface area contributed by atoms with E-state index in [1.54, 1.807) is 18.3 Å². The van der Waals surface area contributed by atoms with Crippen LogP contribution in [-0.2, 0) is 14.8 Å². The molecule has 1 amide bonds. The Labute approximate surface area is 121 Å². The second-order valence-corrected chi connectivity index (χ2v) is 6.65. The number of carbonyl (C=O) groups is 1. The lowest BCUT2D eigenvalue weighted by atomic mass is 10.2. The molecule has 8 nitrogen and oxygen atoms in total. The largest absolute Gasteiger partial charge is 0.368 e. The molecule has 1 aliphatic heterocycles. The average molecular weight is 309 g/mol. The number of fused-ring (bicyclic) bond motifs is 1. The van der Waals surface area contributed by atoms with Gasteiger partial charge in [-0.15, -0.1) is 0 Å². The van der Waals surface area contributed by atoms with Gasteiger partial charge in [-0.2, -0.15) is 4.31 Å². The fraction of sp³-hybridized carbons (Fsp3) is 0.333. The smallest absolute Gasteiger partial charge is 0.246 e. The van der Waals surface area contributed by atoms with Crippen LogP contribution in [0.3, 0.4) is 0 Å². The van der Waals surface area contributed by atoms with Gasteiger partial charge in [-0.3, -0.25) is 4.79 Å². The first-order valence-corrected chi connectivity index (χ1v) is 7.90. The number of primary amides is 1. The third-order valence-electron chi connectivity index (χ3n) is 3.52. The number of pyridine rings is 1. The first kappa shape index (κ1) is 14.0. The van der Waals surface area contributed by atoms with E-state index in [4.69, 9.17) is 5.73 Å². The highest BCUT2D eigenvalue weighted by Gasteiger charge is 2.37. The van der Waals surface area contributed by atoms with Crippen LogP contribution in [-0.4, -0.2) is 54.3 Å². The van der Waals surface area contributed by atoms with E-state index < -0.39 is 22.0 Å². The maximum atomic E-state index is 12.8. The molecule has 0 radical (unpaired) electrons. The van der Waals surface area contributed by atoms with Crippen molar-refractivity contribution >= 4 is 27.0 Å². The number of aromatic amines is 1. The SMILES string of the molecule is NC(=O)C1CNCCN1S(=O)(=O)c1c[nH]c2ncccc12. The zero-order valence-corrected chi connectivity index (χ0v) is 11.9. The van der Waals surface area contributed by atoms with Gasteiger partial charge in [0, 0.05) is 37.4 Å². The Morgan fingerprint density at radius 2 is 2.29 bits per heavy atom. The second kappa shape index (κ2) is 5.10. The van der Waals surface area contributed by atoms with Gasteiger partial charge in [-0.05, 0) is 12.1 Å². The summed E-state index contributed by atoms with van der Waals surface area (Å²) >= 11 is 0. The Bertz CT molecular complexity index is 785. The maximum absolute atomic E-state index is 12.8. The summed E-state index contributed by atoms with van der Waals surface area (Å²) in [5.74, 6) is -0.663. The Hall–Kier alpha value is -1.97. The fourth-order valence-corrected chi connectivity index (χ4v) is 4.23. The Morgan fingerprint density at radius 1 is 1.48 bits per heavy atom. The van der Waals surface area contributed by atoms with Crippen molar-refractivity contribution in [2.75, 3.05) is 19.6 Å². The molecule has 0 spiro atoms. The van der Waals surface area contributed by atoms with Crippen LogP contribution in [0.25, 0.3) is 11.0 Å². The van der Waals surface area contributed by atoms with E-state index in [2.05, 4.69) is 15.3 Å². The lowest BCUT2D eigenvalue weighted by Crippen LogP contribution is -2.58. The Balaban J connectivity index is 2.09. The summed E-state index contributed by atoms with van der Waals surface area (Å²) in [4.78, 5) is 18.5. The van der Waals surface area contributed by atoms with Gasteiger partial charge in [0.05, 0.1) is 0 Å². The van der Waals surface area contributed by atoms with Crippen LogP contribution < -0.4 is 11.1 Å². The number of nitrogens with one attached hydrogen (secondary N) is 2. The molecule has 1 saturated heterocycles. The van der Waals surface area contributed by atoms with E-state index in [9.17, 15) is 13.2 Å². The van der Waals surface area contributed by atoms with E-state index in [0.29, 0.717) is 17.6 Å². The first-order valence-electron chi connectivity index (χ1n) is 6.46. The van der Waals surface area contributed by atoms with E-state index >= 15 is 0 Å². The molecule has 0 bridgehead atoms. The standard InChI is InChI=1S/C12H15N5O3S/c13-11(18)9-6-14-4-5-17(9)21(19,20)10-7-16-12-8(10)2-1-3-15-12/h1-3,7,9,14H,4-6H2,(H2,13,18)(H,15,16). The lowest BCUT2D eigenvalue weighted by molar-refractivity contribution is -0.122. The average Bonchev–Trinajstić information content (AvgIpc) is 2.92. The maximum Gasteiger partial charge on any atom is 0.246 e. The number of nitrogens with two attached hydrogens (primary N) is 1. The highest BCUT2D eigenvalue weighted by Crippen LogP contribution is 2.26. The zero-order chi connectivity index (χ0) is 15.0. The van der Waals surface area contributed by atoms with Crippen LogP contribution in [0.2, 0.25) is 0 Å². The van der Waals surface area contributed by atoms with E-state index in [0.717, 1.165) is 4.31 Å². The Kier molecular flexibility index (Phi) is 3.40. The van der Waals surface area contributed by atoms with E-state index in [1.165, 1.54) is 6.20 Å². The predicted molar refractivity (Wildman–Crippen MR) is 75.8 cm³/mol. The van der Waals surface area contributed by atoms with Gasteiger partial charge in [-0.1, -0.05) is 0 Å². The number of nitrogens with zero attached hydrogens (tertiary/aromatic N) is 2. The van der Waals surface area contributed by atoms with Gasteiger partial charge in [0.2, 0.25) is 15.9 Å². The van der Waals surface area contributed by atoms with Crippen LogP contribution in [0.1, 0.15) is 0 Å². The fourth-order valence-electron chi connectivity index (χ4n) is 2.49. The molecule has 1 atom stereocenters. The number of hydrogen-bond acceptors (Lipinski definition) is 5. The van der Waals surface area contributed by atoms with Gasteiger partial charge in [0.15, 0.2) is 0 Å². The molecule has 21 heavy (non-hydrogen) atoms. The van der Waals surface area contributed by atoms with Gasteiger partial charge in [0.1, 0.15) is 16.6 Å². The summed E-state index contributed by atoms with van der Waals surface area (Å²) < 4.78 is 26.8. The molecule has 0 aromatic carbocycles. The minimum absolute atomic E-state index is 0.110. The summed E-state index contributed by atoms with van der Waals surface area (Å²) in [6.07, 6.45) is 2.97. The van der Waals surface area contributed by atoms with Crippen molar-refractivity contribution in [1.82, 2.24) is 19.6 Å². The summed E-state index contributed by atoms with van der Waals surface area (Å²) in [6, 6.07) is 2.46. The van der Waals surface area contributed by atoms with Crippen molar-refractivity contribution in [2.45, 2.75) is 10.9 Å². The van der Waals surface area contributed by atoms with Gasteiger partial charge in [-0.25, -0.2) is 13.4 Å². The van der Waals surface area contributed by atoms with E-state index in [-0.39, 0.29) is 18.0 Å². The van der Waals surface area contributed by atoms with Crippen molar-refractivity contribution in [1.29, 1.82) is 0 Å². The van der Waals surface area contributed by atoms with Crippen molar-refractivity contribution in [3.63, 3.8) is 0 Å². The van der Waals surface area contributed by atoms with Crippen LogP contribution in [0.15, 0.2) is 29.4 Å². The molecule has 2 aromatic rings. The summed E-state index contributed by atoms with van der Waals surface area (Å²) in [5, 5.41) is 3.47. The van der Waals surface area contributed by atoms with Gasteiger partial charge in [0.25, 0.3) is 0 Å². The normalized spacial score (nSPS) is 20.7. The minimum atomic E-state index is -3.82. The molecule has 0 saturated carbocycles. The topological polar surface area (TPSA) is 121 Å². The second-order valence-electron chi connectivity index (χ2n) is 4.79. The number of hydrogen-bond donors (Lipinski definition) is 3. The molecule has 0 aliphatic carbocycles. The van der Waals surface area contributed by atoms with Crippen LogP contribution in [0.5, 0.6) is 0 Å². The number of sulfonamides is 1. The third kappa shape index (κ3) is 2.28. The molecule has 1 unspecified atom stereocenters. The molecule has 1 aliphatic rings. The molecule has 4 N–H and O–H groups in total. The number of carbonyl (C=O) groups excluding carboxylic acids is 1. The van der Waals surface area contributed by atoms with Crippen LogP contribution >= 0.6 is 0 Å². The molecular weight excluding hydrogens is 294 g/mol. The minimum Gasteiger partial charge on any atom is -0.368 e. The zero-order valence-electron chi connectivity index (χ0n) is 11.1. The number of aromatic nitrogens is 2. The molecule has 9 heteroatoms. The Morgan fingerprint density at radius 3 is 3.05 bits per heavy atom. The molecule has 1 fully saturated rings. The summed E-state index contributed by atoms with van der Waals surface area (Å²) in [5.41, 5.74) is 5.80. The molecule has 3 rings (SSSR count). The number of rotatable bonds is 3. The lowest BCUT2D eigenvalue weighted by Gasteiger charge is -2.32. The highest BCUT2D eigenvalue weighted by molar-refractivity contribution is 7.89. The quantitative estimate of drug-likeness (QED) is 0.672. The molecule has 2 aromatic heterocycles. The summed E-state index contributed by atoms with van der Waals surface area (Å²) in [6.45, 7) is 0.891. The highest BCUT2D eigenvalue weighted by atomic mass is 32.2. The summed E-state index contributed by atoms with van der Waals surface area (Å²) in [7, 11) is -3.82.